The van der Waals surface area contributed by atoms with Crippen molar-refractivity contribution in [1.29, 1.82) is 0 Å². The second-order valence-corrected chi connectivity index (χ2v) is 11.5. The van der Waals surface area contributed by atoms with E-state index in [1.165, 1.54) is 27.2 Å². The Morgan fingerprint density at radius 2 is 0.971 bits per heavy atom. The highest BCUT2D eigenvalue weighted by molar-refractivity contribution is 7.98. The van der Waals surface area contributed by atoms with Gasteiger partial charge in [-0.1, -0.05) is 84.9 Å². The van der Waals surface area contributed by atoms with Crippen molar-refractivity contribution in [3.63, 3.8) is 0 Å². The van der Waals surface area contributed by atoms with Gasteiger partial charge in [0, 0.05) is 18.7 Å². The summed E-state index contributed by atoms with van der Waals surface area (Å²) in [6, 6.07) is 43.9. The number of rotatable bonds is 6. The van der Waals surface area contributed by atoms with Crippen LogP contribution < -0.4 is 28.3 Å². The molecule has 1 aliphatic rings. The van der Waals surface area contributed by atoms with Crippen LogP contribution in [0.25, 0.3) is 5.70 Å². The molecule has 0 aromatic heterocycles. The normalized spacial score (nSPS) is 14.4. The van der Waals surface area contributed by atoms with Crippen LogP contribution in [0, 0.1) is 0 Å². The summed E-state index contributed by atoms with van der Waals surface area (Å²) in [7, 11) is -2.09. The van der Waals surface area contributed by atoms with Gasteiger partial charge in [0.25, 0.3) is 0 Å². The van der Waals surface area contributed by atoms with E-state index >= 15 is 0 Å². The number of benzene rings is 4. The number of ether oxygens (including phenoxy) is 1. The second kappa shape index (κ2) is 11.5. The molecule has 0 unspecified atom stereocenters. The predicted molar refractivity (Wildman–Crippen MR) is 142 cm³/mol. The predicted octanol–water partition coefficient (Wildman–Crippen LogP) is 2.32. The molecule has 1 aliphatic heterocycles. The van der Waals surface area contributed by atoms with E-state index < -0.39 is 7.26 Å². The van der Waals surface area contributed by atoms with Gasteiger partial charge in [0.1, 0.15) is 23.2 Å². The van der Waals surface area contributed by atoms with Crippen molar-refractivity contribution in [1.82, 2.24) is 4.90 Å². The lowest BCUT2D eigenvalue weighted by atomic mass is 10.1. The average Bonchev–Trinajstić information content (AvgIpc) is 2.92. The van der Waals surface area contributed by atoms with Gasteiger partial charge in [-0.05, 0) is 36.4 Å². The van der Waals surface area contributed by atoms with Crippen LogP contribution in [0.15, 0.2) is 127 Å². The molecular weight excluding hydrogens is 457 g/mol. The van der Waals surface area contributed by atoms with Crippen LogP contribution >= 0.6 is 7.26 Å². The van der Waals surface area contributed by atoms with Gasteiger partial charge in [-0.25, -0.2) is 0 Å². The Hall–Kier alpha value is -2.90. The third kappa shape index (κ3) is 4.95. The fourth-order valence-electron chi connectivity index (χ4n) is 4.60. The van der Waals surface area contributed by atoms with Gasteiger partial charge in [-0.3, -0.25) is 0 Å². The molecule has 0 aliphatic carbocycles. The van der Waals surface area contributed by atoms with Crippen LogP contribution in [0.3, 0.4) is 0 Å². The van der Waals surface area contributed by atoms with Crippen molar-refractivity contribution in [3.05, 3.63) is 133 Å². The van der Waals surface area contributed by atoms with E-state index in [1.54, 1.807) is 0 Å². The topological polar surface area (TPSA) is 12.5 Å². The Labute approximate surface area is 209 Å². The fourth-order valence-corrected chi connectivity index (χ4v) is 8.54. The van der Waals surface area contributed by atoms with Gasteiger partial charge in [0.15, 0.2) is 0 Å². The largest absolute Gasteiger partial charge is 1.00 e. The van der Waals surface area contributed by atoms with Crippen LogP contribution in [0.2, 0.25) is 0 Å². The van der Waals surface area contributed by atoms with Gasteiger partial charge in [-0.15, -0.1) is 0 Å². The first kappa shape index (κ1) is 24.2. The summed E-state index contributed by atoms with van der Waals surface area (Å²) in [4.78, 5) is 2.50. The zero-order valence-electron chi connectivity index (χ0n) is 19.1. The molecule has 172 valence electrons. The Morgan fingerprint density at radius 1 is 0.588 bits per heavy atom. The van der Waals surface area contributed by atoms with E-state index in [9.17, 15) is 0 Å². The van der Waals surface area contributed by atoms with Gasteiger partial charge in [-0.2, -0.15) is 0 Å². The molecule has 5 rings (SSSR count). The zero-order chi connectivity index (χ0) is 22.3. The summed E-state index contributed by atoms with van der Waals surface area (Å²) in [6.45, 7) is 3.33. The molecule has 34 heavy (non-hydrogen) atoms. The molecule has 0 spiro atoms. The van der Waals surface area contributed by atoms with Crippen molar-refractivity contribution in [2.45, 2.75) is 0 Å². The smallest absolute Gasteiger partial charge is 0.139 e. The standard InChI is InChI=1S/C30H29NOP.ClH/c1-5-13-26(14-6-1)30(31-21-23-32-24-22-31)25-33(27-15-7-2-8-16-27,28-17-9-3-10-18-28)29-19-11-4-12-20-29;/h1-20,25H,21-24H2;1H/q+1;/p-1/b30-25+;. The summed E-state index contributed by atoms with van der Waals surface area (Å²) in [5.41, 5.74) is 2.55. The summed E-state index contributed by atoms with van der Waals surface area (Å²) in [6.07, 6.45) is 0. The van der Waals surface area contributed by atoms with E-state index in [2.05, 4.69) is 132 Å². The van der Waals surface area contributed by atoms with Crippen LogP contribution in [0.4, 0.5) is 0 Å². The van der Waals surface area contributed by atoms with E-state index in [1.807, 2.05) is 0 Å². The summed E-state index contributed by atoms with van der Waals surface area (Å²) in [5.74, 6) is 2.59. The number of halogens is 1. The van der Waals surface area contributed by atoms with E-state index in [-0.39, 0.29) is 12.4 Å². The Kier molecular flexibility index (Phi) is 8.19. The maximum Gasteiger partial charge on any atom is 0.139 e. The average molecular weight is 486 g/mol. The molecule has 0 N–H and O–H groups in total. The molecule has 1 heterocycles. The highest BCUT2D eigenvalue weighted by Crippen LogP contribution is 2.58. The van der Waals surface area contributed by atoms with Crippen molar-refractivity contribution >= 4 is 28.9 Å². The van der Waals surface area contributed by atoms with Gasteiger partial charge in [0.2, 0.25) is 0 Å². The van der Waals surface area contributed by atoms with Gasteiger partial charge in [0.05, 0.1) is 24.7 Å². The van der Waals surface area contributed by atoms with E-state index in [0.717, 1.165) is 26.3 Å². The number of nitrogens with zero attached hydrogens (tertiary/aromatic N) is 1. The van der Waals surface area contributed by atoms with Gasteiger partial charge < -0.3 is 22.0 Å². The van der Waals surface area contributed by atoms with Crippen LogP contribution in [-0.2, 0) is 4.74 Å². The Bertz CT molecular complexity index is 1080. The quantitative estimate of drug-likeness (QED) is 0.389. The molecule has 2 nitrogen and oxygen atoms in total. The second-order valence-electron chi connectivity index (χ2n) is 8.21. The summed E-state index contributed by atoms with van der Waals surface area (Å²) < 4.78 is 5.71. The monoisotopic (exact) mass is 485 g/mol. The SMILES string of the molecule is C(=C(/c1ccccc1)N1CCOCC1)/[P+](c1ccccc1)(c1ccccc1)c1ccccc1.[Cl-]. The number of hydrogen-bond donors (Lipinski definition) is 0. The number of hydrogen-bond acceptors (Lipinski definition) is 2. The lowest BCUT2D eigenvalue weighted by Crippen LogP contribution is -3.00. The third-order valence-corrected chi connectivity index (χ3v) is 10.2. The highest BCUT2D eigenvalue weighted by Gasteiger charge is 2.44. The van der Waals surface area contributed by atoms with Crippen LogP contribution in [-0.4, -0.2) is 31.2 Å². The zero-order valence-corrected chi connectivity index (χ0v) is 20.8. The first-order valence-corrected chi connectivity index (χ1v) is 13.4. The minimum atomic E-state index is -2.09. The minimum Gasteiger partial charge on any atom is -1.00 e. The van der Waals surface area contributed by atoms with Crippen LogP contribution in [0.1, 0.15) is 5.56 Å². The van der Waals surface area contributed by atoms with Crippen molar-refractivity contribution in [3.8, 4) is 0 Å². The van der Waals surface area contributed by atoms with Gasteiger partial charge >= 0.3 is 0 Å². The Balaban J connectivity index is 0.00000274. The lowest BCUT2D eigenvalue weighted by molar-refractivity contribution is -0.00000722. The fraction of sp³-hybridized carbons (Fsp3) is 0.133. The maximum absolute atomic E-state index is 5.71. The van der Waals surface area contributed by atoms with Crippen molar-refractivity contribution in [2.75, 3.05) is 26.3 Å². The molecule has 0 radical (unpaired) electrons. The molecule has 4 aromatic carbocycles. The molecule has 4 heteroatoms. The highest BCUT2D eigenvalue weighted by atomic mass is 35.5. The molecule has 0 amide bonds. The lowest BCUT2D eigenvalue weighted by Gasteiger charge is -2.33. The molecule has 1 saturated heterocycles. The molecule has 0 bridgehead atoms. The molecule has 4 aromatic rings. The number of morpholine rings is 1. The maximum atomic E-state index is 5.71. The first-order chi connectivity index (χ1) is 16.4. The van der Waals surface area contributed by atoms with Crippen molar-refractivity contribution < 1.29 is 17.1 Å². The molecule has 0 saturated carbocycles. The van der Waals surface area contributed by atoms with Crippen LogP contribution in [0.5, 0.6) is 0 Å². The molecular formula is C30H29ClNOP. The van der Waals surface area contributed by atoms with Crippen molar-refractivity contribution in [2.24, 2.45) is 0 Å². The third-order valence-electron chi connectivity index (χ3n) is 6.23. The molecule has 0 atom stereocenters. The molecule has 1 fully saturated rings. The van der Waals surface area contributed by atoms with E-state index in [4.69, 9.17) is 4.74 Å². The Morgan fingerprint density at radius 3 is 1.38 bits per heavy atom. The van der Waals surface area contributed by atoms with E-state index in [0.29, 0.717) is 0 Å². The minimum absolute atomic E-state index is 0. The summed E-state index contributed by atoms with van der Waals surface area (Å²) >= 11 is 0. The first-order valence-electron chi connectivity index (χ1n) is 11.5. The summed E-state index contributed by atoms with van der Waals surface area (Å²) in [5, 5.41) is 4.09.